The summed E-state index contributed by atoms with van der Waals surface area (Å²) in [5.41, 5.74) is 0. The predicted octanol–water partition coefficient (Wildman–Crippen LogP) is 1.96. The highest BCUT2D eigenvalue weighted by molar-refractivity contribution is 4.92. The van der Waals surface area contributed by atoms with Gasteiger partial charge in [-0.3, -0.25) is 0 Å². The number of unbranched alkanes of at least 4 members (excludes halogenated alkanes) is 6. The van der Waals surface area contributed by atoms with Crippen LogP contribution in [-0.4, -0.2) is 60.9 Å². The van der Waals surface area contributed by atoms with Gasteiger partial charge in [-0.05, 0) is 12.8 Å². The Morgan fingerprint density at radius 3 is 2.35 bits per heavy atom. The molecule has 6 heteroatoms. The largest absolute Gasteiger partial charge is 0.387 e. The first kappa shape index (κ1) is 19.1. The highest BCUT2D eigenvalue weighted by Crippen LogP contribution is 2.30. The van der Waals surface area contributed by atoms with Crippen molar-refractivity contribution in [3.05, 3.63) is 0 Å². The summed E-state index contributed by atoms with van der Waals surface area (Å²) in [6.45, 7) is 2.58. The molecule has 1 unspecified atom stereocenters. The fourth-order valence-corrected chi connectivity index (χ4v) is 3.24. The fourth-order valence-electron chi connectivity index (χ4n) is 3.24. The van der Waals surface area contributed by atoms with E-state index in [0.717, 1.165) is 12.8 Å². The number of hydrogen-bond donors (Lipinski definition) is 2. The normalized spacial score (nSPS) is 37.6. The monoisotopic (exact) mass is 332 g/mol. The first-order valence-electron chi connectivity index (χ1n) is 8.98. The molecule has 0 aliphatic carbocycles. The lowest BCUT2D eigenvalue weighted by Gasteiger charge is -2.45. The SMILES string of the molecule is CCCCCCCCCC1OC[C@H]2O[C@@H](OC)[C@H](O)[C@@H](O)[C@@H]2O1. The highest BCUT2D eigenvalue weighted by Gasteiger charge is 2.48. The van der Waals surface area contributed by atoms with Gasteiger partial charge in [-0.15, -0.1) is 0 Å². The summed E-state index contributed by atoms with van der Waals surface area (Å²) in [4.78, 5) is 0. The van der Waals surface area contributed by atoms with Gasteiger partial charge >= 0.3 is 0 Å². The quantitative estimate of drug-likeness (QED) is 0.629. The van der Waals surface area contributed by atoms with Gasteiger partial charge in [0.25, 0.3) is 0 Å². The van der Waals surface area contributed by atoms with Crippen molar-refractivity contribution in [2.45, 2.75) is 95.3 Å². The molecule has 136 valence electrons. The maximum Gasteiger partial charge on any atom is 0.186 e. The van der Waals surface area contributed by atoms with E-state index in [4.69, 9.17) is 18.9 Å². The number of hydrogen-bond acceptors (Lipinski definition) is 6. The Labute approximate surface area is 139 Å². The second-order valence-corrected chi connectivity index (χ2v) is 6.53. The van der Waals surface area contributed by atoms with Gasteiger partial charge in [0.15, 0.2) is 12.6 Å². The van der Waals surface area contributed by atoms with E-state index in [1.807, 2.05) is 0 Å². The van der Waals surface area contributed by atoms with Crippen molar-refractivity contribution < 1.29 is 29.2 Å². The van der Waals surface area contributed by atoms with Gasteiger partial charge in [-0.2, -0.15) is 0 Å². The molecule has 6 nitrogen and oxygen atoms in total. The Kier molecular flexibility index (Phi) is 8.23. The van der Waals surface area contributed by atoms with Crippen molar-refractivity contribution in [2.75, 3.05) is 13.7 Å². The Bertz CT molecular complexity index is 324. The van der Waals surface area contributed by atoms with Crippen LogP contribution in [0.25, 0.3) is 0 Å². The average Bonchev–Trinajstić information content (AvgIpc) is 2.57. The van der Waals surface area contributed by atoms with E-state index >= 15 is 0 Å². The van der Waals surface area contributed by atoms with Crippen LogP contribution in [0.5, 0.6) is 0 Å². The molecule has 23 heavy (non-hydrogen) atoms. The van der Waals surface area contributed by atoms with E-state index in [1.165, 1.54) is 45.6 Å². The number of ether oxygens (including phenoxy) is 4. The van der Waals surface area contributed by atoms with Crippen LogP contribution in [0.4, 0.5) is 0 Å². The van der Waals surface area contributed by atoms with Crippen LogP contribution < -0.4 is 0 Å². The van der Waals surface area contributed by atoms with E-state index in [0.29, 0.717) is 6.61 Å². The Hall–Kier alpha value is -0.240. The van der Waals surface area contributed by atoms with Crippen LogP contribution in [0.2, 0.25) is 0 Å². The molecular weight excluding hydrogens is 300 g/mol. The van der Waals surface area contributed by atoms with Gasteiger partial charge in [-0.25, -0.2) is 0 Å². The molecule has 2 fully saturated rings. The molecule has 0 amide bonds. The highest BCUT2D eigenvalue weighted by atomic mass is 16.7. The molecular formula is C17H32O6. The first-order chi connectivity index (χ1) is 11.2. The Morgan fingerprint density at radius 1 is 0.957 bits per heavy atom. The summed E-state index contributed by atoms with van der Waals surface area (Å²) in [7, 11) is 1.44. The van der Waals surface area contributed by atoms with Crippen molar-refractivity contribution in [3.63, 3.8) is 0 Å². The van der Waals surface area contributed by atoms with Crippen LogP contribution in [0.3, 0.4) is 0 Å². The van der Waals surface area contributed by atoms with Crippen LogP contribution >= 0.6 is 0 Å². The summed E-state index contributed by atoms with van der Waals surface area (Å²) in [6, 6.07) is 0. The third-order valence-electron chi connectivity index (χ3n) is 4.67. The Morgan fingerprint density at radius 2 is 1.65 bits per heavy atom. The molecule has 0 spiro atoms. The lowest BCUT2D eigenvalue weighted by molar-refractivity contribution is -0.356. The lowest BCUT2D eigenvalue weighted by atomic mass is 9.98. The molecule has 2 aliphatic heterocycles. The molecule has 2 heterocycles. The fraction of sp³-hybridized carbons (Fsp3) is 1.00. The van der Waals surface area contributed by atoms with Crippen LogP contribution in [0.15, 0.2) is 0 Å². The van der Waals surface area contributed by atoms with Crippen molar-refractivity contribution >= 4 is 0 Å². The molecule has 0 radical (unpaired) electrons. The van der Waals surface area contributed by atoms with Crippen LogP contribution in [0.1, 0.15) is 58.3 Å². The van der Waals surface area contributed by atoms with E-state index < -0.39 is 30.7 Å². The summed E-state index contributed by atoms with van der Waals surface area (Å²) in [5, 5.41) is 20.2. The summed E-state index contributed by atoms with van der Waals surface area (Å²) in [6.07, 6.45) is 5.26. The zero-order valence-electron chi connectivity index (χ0n) is 14.4. The average molecular weight is 332 g/mol. The molecule has 0 saturated carbocycles. The maximum atomic E-state index is 10.2. The van der Waals surface area contributed by atoms with E-state index in [2.05, 4.69) is 6.92 Å². The third-order valence-corrected chi connectivity index (χ3v) is 4.67. The molecule has 2 N–H and O–H groups in total. The van der Waals surface area contributed by atoms with Gasteiger partial charge in [0.2, 0.25) is 0 Å². The minimum absolute atomic E-state index is 0.323. The first-order valence-corrected chi connectivity index (χ1v) is 8.98. The third kappa shape index (κ3) is 5.37. The van der Waals surface area contributed by atoms with Crippen molar-refractivity contribution in [3.8, 4) is 0 Å². The molecule has 0 aromatic rings. The van der Waals surface area contributed by atoms with Crippen LogP contribution in [-0.2, 0) is 18.9 Å². The van der Waals surface area contributed by atoms with Crippen molar-refractivity contribution in [1.82, 2.24) is 0 Å². The van der Waals surface area contributed by atoms with Gasteiger partial charge in [0, 0.05) is 7.11 Å². The number of methoxy groups -OCH3 is 1. The smallest absolute Gasteiger partial charge is 0.186 e. The standard InChI is InChI=1S/C17H32O6/c1-3-4-5-6-7-8-9-10-13-21-11-12-16(23-13)14(18)15(19)17(20-2)22-12/h12-19H,3-11H2,1-2H3/t12-,13?,14-,15-,16-,17-/m1/s1. The van der Waals surface area contributed by atoms with E-state index in [1.54, 1.807) is 0 Å². The van der Waals surface area contributed by atoms with Gasteiger partial charge < -0.3 is 29.2 Å². The second kappa shape index (κ2) is 9.91. The maximum absolute atomic E-state index is 10.2. The Balaban J connectivity index is 1.66. The van der Waals surface area contributed by atoms with Gasteiger partial charge in [0.05, 0.1) is 6.61 Å². The van der Waals surface area contributed by atoms with Gasteiger partial charge in [0.1, 0.15) is 24.4 Å². The zero-order chi connectivity index (χ0) is 16.7. The number of aliphatic hydroxyl groups is 2. The minimum Gasteiger partial charge on any atom is -0.387 e. The number of rotatable bonds is 9. The summed E-state index contributed by atoms with van der Waals surface area (Å²) >= 11 is 0. The number of aliphatic hydroxyl groups excluding tert-OH is 2. The zero-order valence-corrected chi connectivity index (χ0v) is 14.4. The molecule has 2 aliphatic rings. The molecule has 2 saturated heterocycles. The molecule has 0 aromatic carbocycles. The van der Waals surface area contributed by atoms with E-state index in [9.17, 15) is 10.2 Å². The second-order valence-electron chi connectivity index (χ2n) is 6.53. The molecule has 0 bridgehead atoms. The topological polar surface area (TPSA) is 77.4 Å². The van der Waals surface area contributed by atoms with E-state index in [-0.39, 0.29) is 6.29 Å². The molecule has 0 aromatic heterocycles. The number of fused-ring (bicyclic) bond motifs is 1. The van der Waals surface area contributed by atoms with Gasteiger partial charge in [-0.1, -0.05) is 45.4 Å². The van der Waals surface area contributed by atoms with Crippen molar-refractivity contribution in [1.29, 1.82) is 0 Å². The minimum atomic E-state index is -1.10. The summed E-state index contributed by atoms with van der Waals surface area (Å²) in [5.74, 6) is 0. The van der Waals surface area contributed by atoms with Crippen LogP contribution in [0, 0.1) is 0 Å². The predicted molar refractivity (Wildman–Crippen MR) is 84.9 cm³/mol. The molecule has 6 atom stereocenters. The van der Waals surface area contributed by atoms with Crippen molar-refractivity contribution in [2.24, 2.45) is 0 Å². The lowest BCUT2D eigenvalue weighted by Crippen LogP contribution is -2.63. The molecule has 2 rings (SSSR count). The summed E-state index contributed by atoms with van der Waals surface area (Å²) < 4.78 is 22.1.